The lowest BCUT2D eigenvalue weighted by Gasteiger charge is -2.13. The van der Waals surface area contributed by atoms with Crippen molar-refractivity contribution in [3.63, 3.8) is 0 Å². The zero-order chi connectivity index (χ0) is 19.5. The Hall–Kier alpha value is -3.84. The first-order chi connectivity index (χ1) is 13.6. The second kappa shape index (κ2) is 7.42. The SMILES string of the molecule is Cc1cc2cc(Nc3c(C#N)cnc(C)c3C=Cc3ccccc3)ccc2[nH]1. The van der Waals surface area contributed by atoms with Gasteiger partial charge in [0.05, 0.1) is 11.3 Å². The number of nitrogens with one attached hydrogen (secondary N) is 2. The van der Waals surface area contributed by atoms with E-state index in [2.05, 4.69) is 33.5 Å². The van der Waals surface area contributed by atoms with Crippen molar-refractivity contribution in [2.75, 3.05) is 5.32 Å². The molecular formula is C24H20N4. The number of rotatable bonds is 4. The molecule has 0 atom stereocenters. The Labute approximate surface area is 164 Å². The minimum absolute atomic E-state index is 0.517. The van der Waals surface area contributed by atoms with Crippen LogP contribution in [0.25, 0.3) is 23.1 Å². The van der Waals surface area contributed by atoms with Gasteiger partial charge in [0, 0.05) is 39.7 Å². The van der Waals surface area contributed by atoms with Crippen LogP contribution in [-0.2, 0) is 0 Å². The van der Waals surface area contributed by atoms with Crippen LogP contribution < -0.4 is 5.32 Å². The molecule has 0 aliphatic rings. The van der Waals surface area contributed by atoms with Crippen molar-refractivity contribution in [2.45, 2.75) is 13.8 Å². The highest BCUT2D eigenvalue weighted by molar-refractivity contribution is 5.87. The molecule has 0 bridgehead atoms. The molecule has 0 saturated carbocycles. The highest BCUT2D eigenvalue weighted by atomic mass is 14.9. The third-order valence-corrected chi connectivity index (χ3v) is 4.70. The van der Waals surface area contributed by atoms with Gasteiger partial charge in [-0.25, -0.2) is 0 Å². The summed E-state index contributed by atoms with van der Waals surface area (Å²) in [5, 5.41) is 14.2. The molecule has 0 unspecified atom stereocenters. The predicted molar refractivity (Wildman–Crippen MR) is 115 cm³/mol. The molecule has 4 nitrogen and oxygen atoms in total. The van der Waals surface area contributed by atoms with Crippen molar-refractivity contribution in [3.05, 3.63) is 88.9 Å². The number of hydrogen-bond acceptors (Lipinski definition) is 3. The molecule has 4 heteroatoms. The lowest BCUT2D eigenvalue weighted by molar-refractivity contribution is 1.18. The number of anilines is 2. The van der Waals surface area contributed by atoms with Crippen LogP contribution in [0.2, 0.25) is 0 Å². The standard InChI is InChI=1S/C24H20N4/c1-16-12-19-13-21(9-11-23(19)27-16)28-24-20(14-25)15-26-17(2)22(24)10-8-18-6-4-3-5-7-18/h3-13,15,27H,1-2H3,(H,26,28). The third kappa shape index (κ3) is 3.51. The first-order valence-electron chi connectivity index (χ1n) is 9.13. The summed E-state index contributed by atoms with van der Waals surface area (Å²) in [7, 11) is 0. The highest BCUT2D eigenvalue weighted by Gasteiger charge is 2.12. The van der Waals surface area contributed by atoms with E-state index in [0.29, 0.717) is 5.56 Å². The van der Waals surface area contributed by atoms with Crippen LogP contribution in [0.5, 0.6) is 0 Å². The monoisotopic (exact) mass is 364 g/mol. The van der Waals surface area contributed by atoms with Crippen molar-refractivity contribution >= 4 is 34.4 Å². The molecule has 4 aromatic rings. The predicted octanol–water partition coefficient (Wildman–Crippen LogP) is 5.97. The van der Waals surface area contributed by atoms with Gasteiger partial charge in [0.1, 0.15) is 6.07 Å². The molecule has 136 valence electrons. The normalized spacial score (nSPS) is 11.0. The van der Waals surface area contributed by atoms with Crippen LogP contribution in [0.4, 0.5) is 11.4 Å². The zero-order valence-electron chi connectivity index (χ0n) is 15.8. The van der Waals surface area contributed by atoms with Crippen molar-refractivity contribution in [2.24, 2.45) is 0 Å². The van der Waals surface area contributed by atoms with Gasteiger partial charge in [0.15, 0.2) is 0 Å². The van der Waals surface area contributed by atoms with E-state index in [1.54, 1.807) is 6.20 Å². The topological polar surface area (TPSA) is 64.5 Å². The number of nitrogens with zero attached hydrogens (tertiary/aromatic N) is 2. The van der Waals surface area contributed by atoms with Crippen molar-refractivity contribution in [1.82, 2.24) is 9.97 Å². The lowest BCUT2D eigenvalue weighted by Crippen LogP contribution is -2.00. The van der Waals surface area contributed by atoms with Gasteiger partial charge in [-0.15, -0.1) is 0 Å². The maximum absolute atomic E-state index is 9.61. The van der Waals surface area contributed by atoms with E-state index in [1.165, 1.54) is 0 Å². The second-order valence-electron chi connectivity index (χ2n) is 6.78. The van der Waals surface area contributed by atoms with Crippen LogP contribution in [-0.4, -0.2) is 9.97 Å². The Kier molecular flexibility index (Phi) is 4.65. The molecule has 0 aliphatic carbocycles. The average molecular weight is 364 g/mol. The number of benzene rings is 2. The summed E-state index contributed by atoms with van der Waals surface area (Å²) in [6.45, 7) is 4.00. The van der Waals surface area contributed by atoms with Gasteiger partial charge in [-0.05, 0) is 43.7 Å². The van der Waals surface area contributed by atoms with Crippen LogP contribution in [0.1, 0.15) is 28.1 Å². The minimum Gasteiger partial charge on any atom is -0.359 e. The van der Waals surface area contributed by atoms with Gasteiger partial charge in [0.25, 0.3) is 0 Å². The maximum Gasteiger partial charge on any atom is 0.103 e. The first kappa shape index (κ1) is 17.6. The van der Waals surface area contributed by atoms with E-state index in [4.69, 9.17) is 0 Å². The number of aryl methyl sites for hydroxylation is 2. The van der Waals surface area contributed by atoms with E-state index in [0.717, 1.165) is 44.8 Å². The number of aromatic nitrogens is 2. The number of nitriles is 1. The fourth-order valence-corrected chi connectivity index (χ4v) is 3.29. The number of pyridine rings is 1. The van der Waals surface area contributed by atoms with Crippen LogP contribution in [0.3, 0.4) is 0 Å². The van der Waals surface area contributed by atoms with Crippen LogP contribution >= 0.6 is 0 Å². The Morgan fingerprint density at radius 2 is 1.86 bits per heavy atom. The van der Waals surface area contributed by atoms with Crippen molar-refractivity contribution in [1.29, 1.82) is 5.26 Å². The minimum atomic E-state index is 0.517. The lowest BCUT2D eigenvalue weighted by atomic mass is 10.1. The Morgan fingerprint density at radius 3 is 2.64 bits per heavy atom. The molecule has 0 fully saturated rings. The van der Waals surface area contributed by atoms with Gasteiger partial charge in [0.2, 0.25) is 0 Å². The highest BCUT2D eigenvalue weighted by Crippen LogP contribution is 2.30. The molecule has 0 saturated heterocycles. The van der Waals surface area contributed by atoms with E-state index in [-0.39, 0.29) is 0 Å². The summed E-state index contributed by atoms with van der Waals surface area (Å²) in [6, 6.07) is 20.6. The Bertz CT molecular complexity index is 1210. The molecule has 0 aliphatic heterocycles. The molecule has 4 rings (SSSR count). The molecule has 2 aromatic carbocycles. The van der Waals surface area contributed by atoms with Gasteiger partial charge in [-0.2, -0.15) is 5.26 Å². The molecule has 0 radical (unpaired) electrons. The summed E-state index contributed by atoms with van der Waals surface area (Å²) in [6.07, 6.45) is 5.67. The third-order valence-electron chi connectivity index (χ3n) is 4.70. The summed E-state index contributed by atoms with van der Waals surface area (Å²) in [4.78, 5) is 7.73. The average Bonchev–Trinajstić information content (AvgIpc) is 3.08. The molecule has 0 spiro atoms. The quantitative estimate of drug-likeness (QED) is 0.469. The fraction of sp³-hybridized carbons (Fsp3) is 0.0833. The fourth-order valence-electron chi connectivity index (χ4n) is 3.29. The van der Waals surface area contributed by atoms with Crippen molar-refractivity contribution in [3.8, 4) is 6.07 Å². The summed E-state index contributed by atoms with van der Waals surface area (Å²) in [5.41, 5.74) is 7.31. The maximum atomic E-state index is 9.61. The molecule has 28 heavy (non-hydrogen) atoms. The van der Waals surface area contributed by atoms with Gasteiger partial charge >= 0.3 is 0 Å². The largest absolute Gasteiger partial charge is 0.359 e. The molecular weight excluding hydrogens is 344 g/mol. The van der Waals surface area contributed by atoms with E-state index >= 15 is 0 Å². The van der Waals surface area contributed by atoms with Crippen LogP contribution in [0, 0.1) is 25.2 Å². The van der Waals surface area contributed by atoms with E-state index in [1.807, 2.05) is 68.5 Å². The van der Waals surface area contributed by atoms with E-state index in [9.17, 15) is 5.26 Å². The smallest absolute Gasteiger partial charge is 0.103 e. The number of H-pyrrole nitrogens is 1. The summed E-state index contributed by atoms with van der Waals surface area (Å²) in [5.74, 6) is 0. The number of aromatic amines is 1. The molecule has 2 aromatic heterocycles. The number of hydrogen-bond donors (Lipinski definition) is 2. The molecule has 2 heterocycles. The van der Waals surface area contributed by atoms with Gasteiger partial charge in [-0.3, -0.25) is 4.98 Å². The van der Waals surface area contributed by atoms with Crippen LogP contribution in [0.15, 0.2) is 60.8 Å². The Balaban J connectivity index is 1.76. The molecule has 0 amide bonds. The number of fused-ring (bicyclic) bond motifs is 1. The van der Waals surface area contributed by atoms with Gasteiger partial charge in [-0.1, -0.05) is 42.5 Å². The summed E-state index contributed by atoms with van der Waals surface area (Å²) < 4.78 is 0. The van der Waals surface area contributed by atoms with Crippen molar-refractivity contribution < 1.29 is 0 Å². The first-order valence-corrected chi connectivity index (χ1v) is 9.13. The summed E-state index contributed by atoms with van der Waals surface area (Å²) >= 11 is 0. The van der Waals surface area contributed by atoms with E-state index < -0.39 is 0 Å². The van der Waals surface area contributed by atoms with Gasteiger partial charge < -0.3 is 10.3 Å². The zero-order valence-corrected chi connectivity index (χ0v) is 15.8. The Morgan fingerprint density at radius 1 is 1.04 bits per heavy atom. The molecule has 2 N–H and O–H groups in total. The second-order valence-corrected chi connectivity index (χ2v) is 6.78.